The molecule has 1 aromatic carbocycles. The van der Waals surface area contributed by atoms with Gasteiger partial charge in [0.1, 0.15) is 10.8 Å². The minimum atomic E-state index is -0.154. The molecule has 0 aliphatic carbocycles. The van der Waals surface area contributed by atoms with Crippen molar-refractivity contribution < 1.29 is 9.53 Å². The number of carbonyl (C=O) groups is 1. The minimum absolute atomic E-state index is 0.154. The second kappa shape index (κ2) is 6.96. The number of nitrogens with one attached hydrogen (secondary N) is 1. The van der Waals surface area contributed by atoms with Crippen LogP contribution >= 0.6 is 11.8 Å². The molecule has 1 aromatic heterocycles. The Morgan fingerprint density at radius 1 is 1.30 bits per heavy atom. The number of ether oxygens (including phenoxy) is 1. The van der Waals surface area contributed by atoms with Crippen molar-refractivity contribution in [2.75, 3.05) is 18.2 Å². The summed E-state index contributed by atoms with van der Waals surface area (Å²) in [6.07, 6.45) is 1.70. The summed E-state index contributed by atoms with van der Waals surface area (Å²) in [6.45, 7) is 2.03. The molecule has 0 radical (unpaired) electrons. The largest absolute Gasteiger partial charge is 0.497 e. The first-order valence-corrected chi connectivity index (χ1v) is 7.26. The van der Waals surface area contributed by atoms with E-state index in [1.807, 2.05) is 6.92 Å². The highest BCUT2D eigenvalue weighted by Gasteiger charge is 2.12. The van der Waals surface area contributed by atoms with Gasteiger partial charge >= 0.3 is 0 Å². The molecule has 104 valence electrons. The fourth-order valence-electron chi connectivity index (χ4n) is 1.69. The van der Waals surface area contributed by atoms with E-state index < -0.39 is 0 Å². The lowest BCUT2D eigenvalue weighted by atomic mass is 10.2. The number of rotatable bonds is 5. The summed E-state index contributed by atoms with van der Waals surface area (Å²) < 4.78 is 5.08. The maximum atomic E-state index is 12.3. The predicted octanol–water partition coefficient (Wildman–Crippen LogP) is 3.45. The van der Waals surface area contributed by atoms with Crippen LogP contribution in [0.1, 0.15) is 17.3 Å². The maximum Gasteiger partial charge on any atom is 0.258 e. The van der Waals surface area contributed by atoms with Crippen molar-refractivity contribution >= 4 is 23.4 Å². The topological polar surface area (TPSA) is 51.2 Å². The predicted molar refractivity (Wildman–Crippen MR) is 81.6 cm³/mol. The van der Waals surface area contributed by atoms with Gasteiger partial charge in [-0.1, -0.05) is 6.92 Å². The molecular formula is C15H16N2O2S. The summed E-state index contributed by atoms with van der Waals surface area (Å²) in [5.41, 5.74) is 1.32. The highest BCUT2D eigenvalue weighted by molar-refractivity contribution is 7.99. The van der Waals surface area contributed by atoms with Crippen LogP contribution in [-0.4, -0.2) is 23.8 Å². The van der Waals surface area contributed by atoms with E-state index in [2.05, 4.69) is 10.3 Å². The van der Waals surface area contributed by atoms with Crippen LogP contribution in [0.15, 0.2) is 47.6 Å². The van der Waals surface area contributed by atoms with E-state index in [4.69, 9.17) is 4.74 Å². The molecule has 0 bridgehead atoms. The van der Waals surface area contributed by atoms with Crippen molar-refractivity contribution in [1.29, 1.82) is 0 Å². The van der Waals surface area contributed by atoms with Gasteiger partial charge in [-0.25, -0.2) is 4.98 Å². The molecule has 0 saturated heterocycles. The quantitative estimate of drug-likeness (QED) is 0.856. The molecule has 20 heavy (non-hydrogen) atoms. The van der Waals surface area contributed by atoms with Crippen LogP contribution in [0.2, 0.25) is 0 Å². The zero-order valence-corrected chi connectivity index (χ0v) is 12.2. The normalized spacial score (nSPS) is 10.1. The lowest BCUT2D eigenvalue weighted by Crippen LogP contribution is -2.13. The Hall–Kier alpha value is -2.01. The molecule has 0 saturated carbocycles. The highest BCUT2D eigenvalue weighted by atomic mass is 32.2. The van der Waals surface area contributed by atoms with Gasteiger partial charge in [0.2, 0.25) is 0 Å². The summed E-state index contributed by atoms with van der Waals surface area (Å²) >= 11 is 1.55. The number of anilines is 1. The number of amides is 1. The summed E-state index contributed by atoms with van der Waals surface area (Å²) in [5.74, 6) is 1.48. The van der Waals surface area contributed by atoms with Crippen molar-refractivity contribution in [2.45, 2.75) is 11.9 Å². The molecule has 0 aliphatic heterocycles. The standard InChI is InChI=1S/C15H16N2O2S/c1-3-20-15-13(5-4-10-16-15)14(18)17-11-6-8-12(19-2)9-7-11/h4-10H,3H2,1-2H3,(H,17,18). The van der Waals surface area contributed by atoms with E-state index in [0.717, 1.165) is 22.2 Å². The first kappa shape index (κ1) is 14.4. The van der Waals surface area contributed by atoms with Crippen molar-refractivity contribution in [3.63, 3.8) is 0 Å². The number of hydrogen-bond acceptors (Lipinski definition) is 4. The summed E-state index contributed by atoms with van der Waals surface area (Å²) in [4.78, 5) is 16.5. The minimum Gasteiger partial charge on any atom is -0.497 e. The van der Waals surface area contributed by atoms with Crippen LogP contribution in [0.25, 0.3) is 0 Å². The third kappa shape index (κ3) is 3.51. The van der Waals surface area contributed by atoms with Gasteiger partial charge < -0.3 is 10.1 Å². The second-order valence-electron chi connectivity index (χ2n) is 3.97. The summed E-state index contributed by atoms with van der Waals surface area (Å²) in [5, 5.41) is 3.61. The van der Waals surface area contributed by atoms with E-state index in [0.29, 0.717) is 5.56 Å². The van der Waals surface area contributed by atoms with E-state index in [9.17, 15) is 4.79 Å². The Morgan fingerprint density at radius 2 is 2.05 bits per heavy atom. The Bertz CT molecular complexity index is 585. The van der Waals surface area contributed by atoms with Gasteiger partial charge in [0.25, 0.3) is 5.91 Å². The molecule has 0 aliphatic rings. The Morgan fingerprint density at radius 3 is 2.70 bits per heavy atom. The fraction of sp³-hybridized carbons (Fsp3) is 0.200. The number of methoxy groups -OCH3 is 1. The number of aromatic nitrogens is 1. The third-order valence-corrected chi connectivity index (χ3v) is 3.53. The molecule has 0 spiro atoms. The SMILES string of the molecule is CCSc1ncccc1C(=O)Nc1ccc(OC)cc1. The van der Waals surface area contributed by atoms with Gasteiger partial charge in [0.05, 0.1) is 12.7 Å². The monoisotopic (exact) mass is 288 g/mol. The second-order valence-corrected chi connectivity index (χ2v) is 5.22. The van der Waals surface area contributed by atoms with E-state index >= 15 is 0 Å². The van der Waals surface area contributed by atoms with Crippen LogP contribution in [0, 0.1) is 0 Å². The summed E-state index contributed by atoms with van der Waals surface area (Å²) in [6, 6.07) is 10.8. The van der Waals surface area contributed by atoms with Crippen molar-refractivity contribution in [3.05, 3.63) is 48.2 Å². The van der Waals surface area contributed by atoms with Crippen molar-refractivity contribution in [2.24, 2.45) is 0 Å². The van der Waals surface area contributed by atoms with E-state index in [1.165, 1.54) is 0 Å². The van der Waals surface area contributed by atoms with Gasteiger partial charge in [0, 0.05) is 11.9 Å². The van der Waals surface area contributed by atoms with Gasteiger partial charge in [-0.15, -0.1) is 11.8 Å². The molecule has 2 aromatic rings. The Kier molecular flexibility index (Phi) is 5.01. The van der Waals surface area contributed by atoms with Crippen LogP contribution in [-0.2, 0) is 0 Å². The number of thioether (sulfide) groups is 1. The summed E-state index contributed by atoms with van der Waals surface area (Å²) in [7, 11) is 1.61. The molecule has 5 heteroatoms. The third-order valence-electron chi connectivity index (χ3n) is 2.64. The molecule has 0 atom stereocenters. The average Bonchev–Trinajstić information content (AvgIpc) is 2.49. The number of benzene rings is 1. The molecular weight excluding hydrogens is 272 g/mol. The first-order chi connectivity index (χ1) is 9.74. The van der Waals surface area contributed by atoms with Gasteiger partial charge in [0.15, 0.2) is 0 Å². The van der Waals surface area contributed by atoms with Crippen molar-refractivity contribution in [3.8, 4) is 5.75 Å². The van der Waals surface area contributed by atoms with Gasteiger partial charge in [-0.2, -0.15) is 0 Å². The zero-order valence-electron chi connectivity index (χ0n) is 11.4. The molecule has 2 rings (SSSR count). The van der Waals surface area contributed by atoms with E-state index in [1.54, 1.807) is 61.5 Å². The maximum absolute atomic E-state index is 12.3. The lowest BCUT2D eigenvalue weighted by molar-refractivity contribution is 0.102. The molecule has 1 heterocycles. The number of nitrogens with zero attached hydrogens (tertiary/aromatic N) is 1. The molecule has 1 N–H and O–H groups in total. The molecule has 0 fully saturated rings. The molecule has 4 nitrogen and oxygen atoms in total. The first-order valence-electron chi connectivity index (χ1n) is 6.27. The number of hydrogen-bond donors (Lipinski definition) is 1. The van der Waals surface area contributed by atoms with Gasteiger partial charge in [-0.05, 0) is 42.2 Å². The van der Waals surface area contributed by atoms with Crippen LogP contribution in [0.5, 0.6) is 5.75 Å². The lowest BCUT2D eigenvalue weighted by Gasteiger charge is -2.09. The van der Waals surface area contributed by atoms with Crippen LogP contribution in [0.3, 0.4) is 0 Å². The number of pyridine rings is 1. The van der Waals surface area contributed by atoms with Crippen LogP contribution < -0.4 is 10.1 Å². The smallest absolute Gasteiger partial charge is 0.258 e. The van der Waals surface area contributed by atoms with Crippen LogP contribution in [0.4, 0.5) is 5.69 Å². The van der Waals surface area contributed by atoms with Crippen molar-refractivity contribution in [1.82, 2.24) is 4.98 Å². The Labute approximate surface area is 122 Å². The van der Waals surface area contributed by atoms with Gasteiger partial charge in [-0.3, -0.25) is 4.79 Å². The van der Waals surface area contributed by atoms with E-state index in [-0.39, 0.29) is 5.91 Å². The molecule has 0 unspecified atom stereocenters. The average molecular weight is 288 g/mol. The fourth-order valence-corrected chi connectivity index (χ4v) is 2.41. The molecule has 1 amide bonds. The Balaban J connectivity index is 2.15. The number of carbonyl (C=O) groups excluding carboxylic acids is 1. The zero-order chi connectivity index (χ0) is 14.4. The highest BCUT2D eigenvalue weighted by Crippen LogP contribution is 2.21.